The molecule has 3 heterocycles. The van der Waals surface area contributed by atoms with Gasteiger partial charge in [0.2, 0.25) is 0 Å². The summed E-state index contributed by atoms with van der Waals surface area (Å²) < 4.78 is 30.6. The van der Waals surface area contributed by atoms with Crippen LogP contribution in [0.15, 0.2) is 121 Å². The molecular formula is C46H52N4O10Si. The van der Waals surface area contributed by atoms with Gasteiger partial charge in [-0.2, -0.15) is 0 Å². The van der Waals surface area contributed by atoms with Crippen LogP contribution in [-0.4, -0.2) is 107 Å². The molecule has 3 fully saturated rings. The molecule has 4 aromatic carbocycles. The van der Waals surface area contributed by atoms with Gasteiger partial charge in [0, 0.05) is 12.8 Å². The Morgan fingerprint density at radius 1 is 0.623 bits per heavy atom. The zero-order chi connectivity index (χ0) is 43.5. The summed E-state index contributed by atoms with van der Waals surface area (Å²) in [6.07, 6.45) is -4.54. The maximum Gasteiger partial charge on any atom is 0.430 e. The van der Waals surface area contributed by atoms with Crippen LogP contribution in [0.1, 0.15) is 59.9 Å². The second-order valence-electron chi connectivity index (χ2n) is 17.3. The van der Waals surface area contributed by atoms with E-state index in [1.165, 1.54) is 0 Å². The van der Waals surface area contributed by atoms with Crippen LogP contribution in [-0.2, 0) is 39.6 Å². The number of esters is 1. The van der Waals surface area contributed by atoms with Gasteiger partial charge in [0.05, 0.1) is 19.2 Å². The topological polar surface area (TPSA) is 144 Å². The van der Waals surface area contributed by atoms with E-state index in [-0.39, 0.29) is 32.5 Å². The molecule has 320 valence electrons. The number of hydrazine groups is 2. The maximum atomic E-state index is 15.5. The fraction of sp³-hybridized carbons (Fsp3) is 0.370. The fourth-order valence-corrected chi connectivity index (χ4v) is 12.0. The maximum absolute atomic E-state index is 15.5. The second kappa shape index (κ2) is 17.4. The number of carbonyl (C=O) groups excluding carboxylic acids is 5. The third kappa shape index (κ3) is 9.42. The van der Waals surface area contributed by atoms with Crippen molar-refractivity contribution in [2.75, 3.05) is 13.1 Å². The van der Waals surface area contributed by atoms with Crippen LogP contribution in [0.25, 0.3) is 0 Å². The molecule has 0 radical (unpaired) electrons. The summed E-state index contributed by atoms with van der Waals surface area (Å²) in [6, 6.07) is 35.7. The first kappa shape index (κ1) is 42.9. The molecule has 61 heavy (non-hydrogen) atoms. The van der Waals surface area contributed by atoms with Crippen molar-refractivity contribution in [2.45, 2.75) is 96.5 Å². The summed E-state index contributed by atoms with van der Waals surface area (Å²) in [6.45, 7) is 9.56. The lowest BCUT2D eigenvalue weighted by molar-refractivity contribution is -0.177. The van der Waals surface area contributed by atoms with Crippen molar-refractivity contribution in [2.24, 2.45) is 0 Å². The Kier molecular flexibility index (Phi) is 12.3. The van der Waals surface area contributed by atoms with E-state index in [1.807, 2.05) is 97.1 Å². The van der Waals surface area contributed by atoms with Crippen molar-refractivity contribution in [3.05, 3.63) is 127 Å². The number of nitrogens with zero attached hydrogens (tertiary/aromatic N) is 4. The Bertz CT molecular complexity index is 2100. The number of carbonyl (C=O) groups is 5. The molecule has 14 nitrogen and oxygen atoms in total. The molecule has 0 spiro atoms. The number of rotatable bonds is 8. The van der Waals surface area contributed by atoms with Crippen LogP contribution in [0.5, 0.6) is 0 Å². The van der Waals surface area contributed by atoms with E-state index in [9.17, 15) is 19.2 Å². The van der Waals surface area contributed by atoms with Crippen LogP contribution in [0, 0.1) is 0 Å². The molecule has 0 saturated carbocycles. The van der Waals surface area contributed by atoms with Gasteiger partial charge in [-0.3, -0.25) is 4.79 Å². The SMILES string of the molecule is CC(C)(C)OC(=O)N1C[C@@H](O[Si](c2ccccc2)(c2ccccc2)c2ccccc2)C[C@H](C(=O)N2[C@@H]3C[C@H](CN2C(=O)OCc2ccccc2)OC3=O)N1C(=O)OC(C)(C)C. The van der Waals surface area contributed by atoms with Gasteiger partial charge in [-0.1, -0.05) is 121 Å². The number of ether oxygens (including phenoxy) is 4. The molecule has 0 N–H and O–H groups in total. The van der Waals surface area contributed by atoms with Crippen LogP contribution >= 0.6 is 0 Å². The zero-order valence-electron chi connectivity index (χ0n) is 35.3. The van der Waals surface area contributed by atoms with Crippen molar-refractivity contribution in [3.8, 4) is 0 Å². The predicted octanol–water partition coefficient (Wildman–Crippen LogP) is 5.28. The highest BCUT2D eigenvalue weighted by atomic mass is 28.4. The first-order valence-electron chi connectivity index (χ1n) is 20.4. The number of fused-ring (bicyclic) bond motifs is 2. The highest BCUT2D eigenvalue weighted by molar-refractivity contribution is 7.07. The van der Waals surface area contributed by atoms with E-state index in [0.717, 1.165) is 35.6 Å². The smallest absolute Gasteiger partial charge is 0.430 e. The molecule has 0 aliphatic carbocycles. The van der Waals surface area contributed by atoms with E-state index in [1.54, 1.807) is 65.8 Å². The van der Waals surface area contributed by atoms with Gasteiger partial charge < -0.3 is 23.4 Å². The Hall–Kier alpha value is -6.19. The molecule has 4 aromatic rings. The molecule has 4 atom stereocenters. The van der Waals surface area contributed by atoms with Gasteiger partial charge in [-0.15, -0.1) is 0 Å². The summed E-state index contributed by atoms with van der Waals surface area (Å²) in [7, 11) is -3.51. The number of amides is 4. The third-order valence-corrected chi connectivity index (χ3v) is 14.5. The van der Waals surface area contributed by atoms with Gasteiger partial charge in [0.25, 0.3) is 14.2 Å². The molecule has 2 bridgehead atoms. The van der Waals surface area contributed by atoms with Crippen LogP contribution in [0.4, 0.5) is 14.4 Å². The van der Waals surface area contributed by atoms with E-state index in [2.05, 4.69) is 0 Å². The molecule has 3 aliphatic rings. The summed E-state index contributed by atoms with van der Waals surface area (Å²) >= 11 is 0. The number of benzene rings is 4. The Labute approximate surface area is 356 Å². The van der Waals surface area contributed by atoms with Gasteiger partial charge in [-0.05, 0) is 62.7 Å². The summed E-state index contributed by atoms with van der Waals surface area (Å²) in [5.41, 5.74) is -1.37. The monoisotopic (exact) mass is 848 g/mol. The zero-order valence-corrected chi connectivity index (χ0v) is 36.3. The Morgan fingerprint density at radius 2 is 1.10 bits per heavy atom. The highest BCUT2D eigenvalue weighted by Gasteiger charge is 2.57. The van der Waals surface area contributed by atoms with Crippen LogP contribution in [0.2, 0.25) is 0 Å². The average molecular weight is 849 g/mol. The lowest BCUT2D eigenvalue weighted by atomic mass is 10.0. The molecular weight excluding hydrogens is 797 g/mol. The third-order valence-electron chi connectivity index (χ3n) is 10.4. The number of hydrogen-bond acceptors (Lipinski definition) is 10. The quantitative estimate of drug-likeness (QED) is 0.0995. The van der Waals surface area contributed by atoms with Gasteiger partial charge in [-0.25, -0.2) is 39.2 Å². The van der Waals surface area contributed by atoms with Crippen molar-refractivity contribution in [3.63, 3.8) is 0 Å². The molecule has 0 aromatic heterocycles. The van der Waals surface area contributed by atoms with Crippen molar-refractivity contribution in [1.82, 2.24) is 20.0 Å². The van der Waals surface area contributed by atoms with Crippen molar-refractivity contribution < 1.29 is 47.3 Å². The second-order valence-corrected chi connectivity index (χ2v) is 20.6. The van der Waals surface area contributed by atoms with Crippen LogP contribution in [0.3, 0.4) is 0 Å². The van der Waals surface area contributed by atoms with E-state index in [4.69, 9.17) is 23.4 Å². The molecule has 3 aliphatic heterocycles. The summed E-state index contributed by atoms with van der Waals surface area (Å²) in [4.78, 5) is 71.9. The molecule has 4 amide bonds. The largest absolute Gasteiger partial charge is 0.459 e. The van der Waals surface area contributed by atoms with Gasteiger partial charge in [0.15, 0.2) is 6.04 Å². The minimum Gasteiger partial charge on any atom is -0.459 e. The summed E-state index contributed by atoms with van der Waals surface area (Å²) in [5.74, 6) is -1.56. The molecule has 7 rings (SSSR count). The molecule has 15 heteroatoms. The first-order valence-corrected chi connectivity index (χ1v) is 22.3. The lowest BCUT2D eigenvalue weighted by Crippen LogP contribution is -2.74. The van der Waals surface area contributed by atoms with Gasteiger partial charge in [0.1, 0.15) is 30.0 Å². The van der Waals surface area contributed by atoms with Crippen molar-refractivity contribution in [1.29, 1.82) is 0 Å². The Morgan fingerprint density at radius 3 is 1.61 bits per heavy atom. The fourth-order valence-electron chi connectivity index (χ4n) is 7.93. The number of hydrogen-bond donors (Lipinski definition) is 0. The predicted molar refractivity (Wildman–Crippen MR) is 227 cm³/mol. The van der Waals surface area contributed by atoms with Gasteiger partial charge >= 0.3 is 24.2 Å². The van der Waals surface area contributed by atoms with E-state index in [0.29, 0.717) is 5.56 Å². The van der Waals surface area contributed by atoms with Crippen LogP contribution < -0.4 is 15.6 Å². The minimum absolute atomic E-state index is 0.105. The normalized spacial score (nSPS) is 20.5. The van der Waals surface area contributed by atoms with Crippen molar-refractivity contribution >= 4 is 54.0 Å². The highest BCUT2D eigenvalue weighted by Crippen LogP contribution is 2.34. The lowest BCUT2D eigenvalue weighted by Gasteiger charge is -2.49. The molecule has 3 saturated heterocycles. The Balaban J connectivity index is 1.36. The average Bonchev–Trinajstić information content (AvgIpc) is 3.53. The summed E-state index contributed by atoms with van der Waals surface area (Å²) in [5, 5.41) is 6.77. The van der Waals surface area contributed by atoms with E-state index < -0.39 is 74.0 Å². The van der Waals surface area contributed by atoms with E-state index >= 15 is 4.79 Å². The minimum atomic E-state index is -3.51. The molecule has 0 unspecified atom stereocenters. The first-order chi connectivity index (χ1) is 29.0. The standard InChI is InChI=1S/C46H52N4O10Si/c1-45(2,3)58-43(54)48-30-34(60-61(35-21-13-8-14-22-35,36-23-15-9-16-24-36)37-25-17-10-18-26-37)28-38(50(48)44(55)59-46(4,5)6)40(51)49-39-27-33(57-41(39)52)29-47(49)42(53)56-31-32-19-11-7-12-20-32/h7-26,33-34,38-39H,27-31H2,1-6H3/t33-,34+,38-,39-/m1/s1.